The summed E-state index contributed by atoms with van der Waals surface area (Å²) in [5, 5.41) is -0.140. The van der Waals surface area contributed by atoms with E-state index in [-0.39, 0.29) is 34.0 Å². The quantitative estimate of drug-likeness (QED) is 0.459. The molecule has 3 aromatic rings. The molecule has 0 unspecified atom stereocenters. The SMILES string of the molecule is C[C@H](NS(=O)(=O)c1ccc(-c2c(C(N)=O)c3cc(C(F)(F)F)cnc3n2C2CCC2)nc1)C(F)(F)F. The van der Waals surface area contributed by atoms with Crippen molar-refractivity contribution >= 4 is 27.0 Å². The van der Waals surface area contributed by atoms with E-state index < -0.39 is 44.8 Å². The number of carbonyl (C=O) groups excluding carboxylic acids is 1. The van der Waals surface area contributed by atoms with Gasteiger partial charge in [-0.3, -0.25) is 9.78 Å². The highest BCUT2D eigenvalue weighted by Crippen LogP contribution is 2.43. The number of alkyl halides is 6. The Morgan fingerprint density at radius 3 is 2.28 bits per heavy atom. The zero-order chi connectivity index (χ0) is 26.6. The number of amides is 1. The molecule has 3 aromatic heterocycles. The van der Waals surface area contributed by atoms with Gasteiger partial charge >= 0.3 is 12.4 Å². The summed E-state index contributed by atoms with van der Waals surface area (Å²) in [6.07, 6.45) is -6.01. The van der Waals surface area contributed by atoms with Crippen molar-refractivity contribution in [1.29, 1.82) is 0 Å². The molecule has 1 amide bonds. The minimum Gasteiger partial charge on any atom is -0.366 e. The van der Waals surface area contributed by atoms with E-state index in [1.807, 2.05) is 0 Å². The number of sulfonamides is 1. The Kier molecular flexibility index (Phi) is 6.27. The van der Waals surface area contributed by atoms with Crippen molar-refractivity contribution in [1.82, 2.24) is 19.3 Å². The molecule has 0 aromatic carbocycles. The lowest BCUT2D eigenvalue weighted by Gasteiger charge is -2.29. The maximum absolute atomic E-state index is 13.3. The van der Waals surface area contributed by atoms with Gasteiger partial charge in [-0.05, 0) is 44.4 Å². The second kappa shape index (κ2) is 8.73. The van der Waals surface area contributed by atoms with Crippen LogP contribution in [0.15, 0.2) is 35.5 Å². The van der Waals surface area contributed by atoms with Crippen molar-refractivity contribution in [2.45, 2.75) is 55.5 Å². The molecule has 0 radical (unpaired) electrons. The van der Waals surface area contributed by atoms with Crippen LogP contribution < -0.4 is 10.5 Å². The fourth-order valence-electron chi connectivity index (χ4n) is 3.89. The van der Waals surface area contributed by atoms with Crippen LogP contribution in [0.2, 0.25) is 0 Å². The highest BCUT2D eigenvalue weighted by molar-refractivity contribution is 7.89. The fraction of sp³-hybridized carbons (Fsp3) is 0.381. The number of nitrogens with one attached hydrogen (secondary N) is 1. The van der Waals surface area contributed by atoms with Crippen LogP contribution in [0, 0.1) is 0 Å². The van der Waals surface area contributed by atoms with Crippen molar-refractivity contribution < 1.29 is 39.6 Å². The maximum atomic E-state index is 13.3. The lowest BCUT2D eigenvalue weighted by molar-refractivity contribution is -0.147. The maximum Gasteiger partial charge on any atom is 0.417 e. The van der Waals surface area contributed by atoms with Crippen LogP contribution in [0.3, 0.4) is 0 Å². The van der Waals surface area contributed by atoms with Crippen LogP contribution in [-0.4, -0.2) is 41.1 Å². The van der Waals surface area contributed by atoms with Crippen LogP contribution >= 0.6 is 0 Å². The monoisotopic (exact) mass is 535 g/mol. The first kappa shape index (κ1) is 25.9. The zero-order valence-electron chi connectivity index (χ0n) is 18.5. The molecule has 8 nitrogen and oxygen atoms in total. The predicted molar refractivity (Wildman–Crippen MR) is 115 cm³/mol. The minimum absolute atomic E-state index is 0.00919. The average Bonchev–Trinajstić information content (AvgIpc) is 3.05. The summed E-state index contributed by atoms with van der Waals surface area (Å²) in [6.45, 7) is 0.637. The van der Waals surface area contributed by atoms with Gasteiger partial charge in [0.15, 0.2) is 0 Å². The number of pyridine rings is 2. The Bertz CT molecular complexity index is 1430. The van der Waals surface area contributed by atoms with Crippen molar-refractivity contribution in [2.75, 3.05) is 0 Å². The standard InChI is InChI=1S/C21H19F6N5O3S/c1-10(20(22,23)24)31-36(34,35)13-5-6-15(29-9-13)17-16(18(28)33)14-7-11(21(25,26)27)8-30-19(14)32(17)12-3-2-4-12/h5-10,12,31H,2-4H2,1H3,(H2,28,33)/t10-/m0/s1. The molecule has 3 heterocycles. The molecule has 1 fully saturated rings. The number of halogens is 6. The number of fused-ring (bicyclic) bond motifs is 1. The average molecular weight is 535 g/mol. The van der Waals surface area contributed by atoms with Gasteiger partial charge in [-0.15, -0.1) is 0 Å². The van der Waals surface area contributed by atoms with Gasteiger partial charge in [0, 0.05) is 23.8 Å². The number of hydrogen-bond donors (Lipinski definition) is 2. The number of carbonyl (C=O) groups is 1. The number of nitrogens with zero attached hydrogens (tertiary/aromatic N) is 3. The number of hydrogen-bond acceptors (Lipinski definition) is 5. The van der Waals surface area contributed by atoms with E-state index in [0.29, 0.717) is 26.0 Å². The first-order valence-corrected chi connectivity index (χ1v) is 12.1. The summed E-state index contributed by atoms with van der Waals surface area (Å²) in [7, 11) is -4.60. The Labute approximate surface area is 200 Å². The van der Waals surface area contributed by atoms with Crippen molar-refractivity contribution in [3.8, 4) is 11.4 Å². The van der Waals surface area contributed by atoms with Gasteiger partial charge in [0.2, 0.25) is 10.0 Å². The van der Waals surface area contributed by atoms with Gasteiger partial charge in [-0.25, -0.2) is 13.4 Å². The third-order valence-electron chi connectivity index (χ3n) is 5.97. The number of rotatable bonds is 6. The molecule has 36 heavy (non-hydrogen) atoms. The van der Waals surface area contributed by atoms with Crippen molar-refractivity contribution in [2.24, 2.45) is 5.73 Å². The van der Waals surface area contributed by atoms with Crippen molar-refractivity contribution in [3.63, 3.8) is 0 Å². The Balaban J connectivity index is 1.86. The van der Waals surface area contributed by atoms with Gasteiger partial charge < -0.3 is 10.3 Å². The normalized spacial score (nSPS) is 16.2. The molecule has 1 aliphatic rings. The Morgan fingerprint density at radius 2 is 1.81 bits per heavy atom. The molecule has 1 saturated carbocycles. The van der Waals surface area contributed by atoms with Gasteiger partial charge in [0.05, 0.1) is 22.5 Å². The Morgan fingerprint density at radius 1 is 1.14 bits per heavy atom. The second-order valence-electron chi connectivity index (χ2n) is 8.40. The smallest absolute Gasteiger partial charge is 0.366 e. The molecule has 0 aliphatic heterocycles. The summed E-state index contributed by atoms with van der Waals surface area (Å²) in [5.74, 6) is -1.05. The Hall–Kier alpha value is -3.20. The molecule has 15 heteroatoms. The van der Waals surface area contributed by atoms with Crippen LogP contribution in [0.1, 0.15) is 48.1 Å². The van der Waals surface area contributed by atoms with E-state index in [0.717, 1.165) is 30.8 Å². The zero-order valence-corrected chi connectivity index (χ0v) is 19.3. The highest BCUT2D eigenvalue weighted by Gasteiger charge is 2.39. The topological polar surface area (TPSA) is 120 Å². The van der Waals surface area contributed by atoms with Crippen LogP contribution in [0.25, 0.3) is 22.4 Å². The number of primary amides is 1. The van der Waals surface area contributed by atoms with Gasteiger partial charge in [0.25, 0.3) is 5.91 Å². The third-order valence-corrected chi connectivity index (χ3v) is 7.49. The molecule has 0 spiro atoms. The first-order chi connectivity index (χ1) is 16.6. The summed E-state index contributed by atoms with van der Waals surface area (Å²) in [6, 6.07) is 0.309. The predicted octanol–water partition coefficient (Wildman–Crippen LogP) is 4.17. The molecule has 4 rings (SSSR count). The largest absolute Gasteiger partial charge is 0.417 e. The number of aromatic nitrogens is 3. The van der Waals surface area contributed by atoms with Crippen LogP contribution in [0.5, 0.6) is 0 Å². The lowest BCUT2D eigenvalue weighted by atomic mass is 9.92. The lowest BCUT2D eigenvalue weighted by Crippen LogP contribution is -2.42. The van der Waals surface area contributed by atoms with Crippen molar-refractivity contribution in [3.05, 3.63) is 41.7 Å². The molecule has 0 saturated heterocycles. The first-order valence-electron chi connectivity index (χ1n) is 10.6. The van der Waals surface area contributed by atoms with Gasteiger partial charge in [-0.2, -0.15) is 31.1 Å². The molecular formula is C21H19F6N5O3S. The molecule has 194 valence electrons. The van der Waals surface area contributed by atoms with E-state index >= 15 is 0 Å². The minimum atomic E-state index is -4.82. The summed E-state index contributed by atoms with van der Waals surface area (Å²) in [5.41, 5.74) is 4.30. The molecule has 3 N–H and O–H groups in total. The fourth-order valence-corrected chi connectivity index (χ4v) is 5.06. The highest BCUT2D eigenvalue weighted by atomic mass is 32.2. The molecule has 1 aliphatic carbocycles. The molecule has 1 atom stereocenters. The summed E-state index contributed by atoms with van der Waals surface area (Å²) < 4.78 is 106. The second-order valence-corrected chi connectivity index (χ2v) is 10.1. The van der Waals surface area contributed by atoms with Gasteiger partial charge in [-0.1, -0.05) is 0 Å². The third kappa shape index (κ3) is 4.64. The molecule has 0 bridgehead atoms. The van der Waals surface area contributed by atoms with Crippen LogP contribution in [-0.2, 0) is 16.2 Å². The number of nitrogens with two attached hydrogens (primary N) is 1. The van der Waals surface area contributed by atoms with Crippen LogP contribution in [0.4, 0.5) is 26.3 Å². The molecular weight excluding hydrogens is 516 g/mol. The van der Waals surface area contributed by atoms with Gasteiger partial charge in [0.1, 0.15) is 16.6 Å². The van der Waals surface area contributed by atoms with E-state index in [9.17, 15) is 39.6 Å². The summed E-state index contributed by atoms with van der Waals surface area (Å²) >= 11 is 0. The van der Waals surface area contributed by atoms with E-state index in [1.54, 1.807) is 4.57 Å². The summed E-state index contributed by atoms with van der Waals surface area (Å²) in [4.78, 5) is 19.8. The van der Waals surface area contributed by atoms with E-state index in [4.69, 9.17) is 5.73 Å². The van der Waals surface area contributed by atoms with E-state index in [2.05, 4.69) is 9.97 Å². The van der Waals surface area contributed by atoms with E-state index in [1.165, 1.54) is 4.72 Å².